The molecule has 1 aromatic rings. The SMILES string of the molecule is CC(=O)c1ccc(N2CCN(CN3C(=O)NC4(CCCCCC4)C3=O)CC2)cc1. The van der Waals surface area contributed by atoms with Gasteiger partial charge in [0.1, 0.15) is 5.54 Å². The smallest absolute Gasteiger partial charge is 0.326 e. The molecular formula is C22H30N4O3. The Labute approximate surface area is 172 Å². The highest BCUT2D eigenvalue weighted by Gasteiger charge is 2.51. The number of anilines is 1. The van der Waals surface area contributed by atoms with Crippen molar-refractivity contribution >= 4 is 23.4 Å². The van der Waals surface area contributed by atoms with Crippen molar-refractivity contribution < 1.29 is 14.4 Å². The molecule has 1 aliphatic carbocycles. The maximum atomic E-state index is 13.1. The number of piperazine rings is 1. The van der Waals surface area contributed by atoms with Crippen LogP contribution in [0.2, 0.25) is 0 Å². The highest BCUT2D eigenvalue weighted by atomic mass is 16.2. The van der Waals surface area contributed by atoms with E-state index >= 15 is 0 Å². The van der Waals surface area contributed by atoms with Gasteiger partial charge < -0.3 is 10.2 Å². The first kappa shape index (κ1) is 19.9. The zero-order valence-corrected chi connectivity index (χ0v) is 17.2. The van der Waals surface area contributed by atoms with E-state index in [1.165, 1.54) is 4.90 Å². The van der Waals surface area contributed by atoms with Crippen molar-refractivity contribution in [3.8, 4) is 0 Å². The van der Waals surface area contributed by atoms with E-state index in [-0.39, 0.29) is 17.7 Å². The van der Waals surface area contributed by atoms with E-state index in [0.717, 1.165) is 76.0 Å². The quantitative estimate of drug-likeness (QED) is 0.623. The Bertz CT molecular complexity index is 776. The van der Waals surface area contributed by atoms with E-state index in [0.29, 0.717) is 6.67 Å². The molecule has 4 rings (SSSR count). The predicted molar refractivity (Wildman–Crippen MR) is 111 cm³/mol. The molecule has 2 aliphatic heterocycles. The van der Waals surface area contributed by atoms with Crippen LogP contribution in [-0.2, 0) is 4.79 Å². The first-order chi connectivity index (χ1) is 14.0. The van der Waals surface area contributed by atoms with Gasteiger partial charge in [-0.25, -0.2) is 9.69 Å². The van der Waals surface area contributed by atoms with E-state index < -0.39 is 5.54 Å². The first-order valence-electron chi connectivity index (χ1n) is 10.7. The molecule has 0 radical (unpaired) electrons. The lowest BCUT2D eigenvalue weighted by Gasteiger charge is -2.37. The van der Waals surface area contributed by atoms with Crippen LogP contribution in [-0.4, -0.2) is 65.9 Å². The van der Waals surface area contributed by atoms with Gasteiger partial charge in [-0.2, -0.15) is 0 Å². The number of nitrogens with one attached hydrogen (secondary N) is 1. The monoisotopic (exact) mass is 398 g/mol. The van der Waals surface area contributed by atoms with Crippen LogP contribution in [0.15, 0.2) is 24.3 Å². The molecule has 7 nitrogen and oxygen atoms in total. The predicted octanol–water partition coefficient (Wildman–Crippen LogP) is 2.61. The minimum Gasteiger partial charge on any atom is -0.369 e. The maximum Gasteiger partial charge on any atom is 0.326 e. The summed E-state index contributed by atoms with van der Waals surface area (Å²) in [5, 5.41) is 3.02. The number of urea groups is 1. The number of amides is 3. The molecule has 1 saturated carbocycles. The Hall–Kier alpha value is -2.41. The summed E-state index contributed by atoms with van der Waals surface area (Å²) in [4.78, 5) is 42.9. The summed E-state index contributed by atoms with van der Waals surface area (Å²) in [6.07, 6.45) is 5.80. The van der Waals surface area contributed by atoms with Gasteiger partial charge in [0.2, 0.25) is 0 Å². The van der Waals surface area contributed by atoms with Gasteiger partial charge in [0.15, 0.2) is 5.78 Å². The van der Waals surface area contributed by atoms with Gasteiger partial charge >= 0.3 is 6.03 Å². The Morgan fingerprint density at radius 3 is 2.17 bits per heavy atom. The first-order valence-corrected chi connectivity index (χ1v) is 10.7. The molecule has 29 heavy (non-hydrogen) atoms. The average Bonchev–Trinajstić information content (AvgIpc) is 2.89. The lowest BCUT2D eigenvalue weighted by molar-refractivity contribution is -0.133. The van der Waals surface area contributed by atoms with E-state index in [9.17, 15) is 14.4 Å². The Morgan fingerprint density at radius 1 is 0.966 bits per heavy atom. The molecule has 3 amide bonds. The fourth-order valence-corrected chi connectivity index (χ4v) is 4.73. The third-order valence-electron chi connectivity index (χ3n) is 6.56. The van der Waals surface area contributed by atoms with Crippen molar-refractivity contribution in [2.45, 2.75) is 51.0 Å². The van der Waals surface area contributed by atoms with Gasteiger partial charge in [0.05, 0.1) is 6.67 Å². The van der Waals surface area contributed by atoms with E-state index in [1.807, 2.05) is 24.3 Å². The van der Waals surface area contributed by atoms with Gasteiger partial charge in [-0.3, -0.25) is 14.5 Å². The topological polar surface area (TPSA) is 73.0 Å². The van der Waals surface area contributed by atoms with Crippen LogP contribution in [0.25, 0.3) is 0 Å². The maximum absolute atomic E-state index is 13.1. The van der Waals surface area contributed by atoms with E-state index in [1.54, 1.807) is 6.92 Å². The Morgan fingerprint density at radius 2 is 1.59 bits per heavy atom. The van der Waals surface area contributed by atoms with Gasteiger partial charge in [-0.15, -0.1) is 0 Å². The number of carbonyl (C=O) groups excluding carboxylic acids is 3. The second kappa shape index (κ2) is 8.14. The molecular weight excluding hydrogens is 368 g/mol. The van der Waals surface area contributed by atoms with Gasteiger partial charge in [0, 0.05) is 37.4 Å². The molecule has 1 aromatic carbocycles. The number of hydrogen-bond acceptors (Lipinski definition) is 5. The van der Waals surface area contributed by atoms with Crippen molar-refractivity contribution in [1.82, 2.24) is 15.1 Å². The zero-order chi connectivity index (χ0) is 20.4. The zero-order valence-electron chi connectivity index (χ0n) is 17.2. The molecule has 7 heteroatoms. The number of Topliss-reactive ketones (excluding diaryl/α,β-unsaturated/α-hetero) is 1. The Kier molecular flexibility index (Phi) is 5.58. The molecule has 0 aromatic heterocycles. The van der Waals surface area contributed by atoms with Crippen molar-refractivity contribution in [3.05, 3.63) is 29.8 Å². The van der Waals surface area contributed by atoms with Gasteiger partial charge in [0.25, 0.3) is 5.91 Å². The van der Waals surface area contributed by atoms with Gasteiger partial charge in [-0.1, -0.05) is 25.7 Å². The van der Waals surface area contributed by atoms with Crippen molar-refractivity contribution in [2.75, 3.05) is 37.7 Å². The number of rotatable bonds is 4. The molecule has 1 N–H and O–H groups in total. The third kappa shape index (κ3) is 4.01. The summed E-state index contributed by atoms with van der Waals surface area (Å²) in [6.45, 7) is 5.17. The normalized spacial score (nSPS) is 22.7. The molecule has 2 saturated heterocycles. The lowest BCUT2D eigenvalue weighted by atomic mass is 9.90. The second-order valence-electron chi connectivity index (χ2n) is 8.51. The minimum atomic E-state index is -0.659. The van der Waals surface area contributed by atoms with Crippen LogP contribution in [0.4, 0.5) is 10.5 Å². The number of ketones is 1. The van der Waals surface area contributed by atoms with Crippen LogP contribution in [0.3, 0.4) is 0 Å². The lowest BCUT2D eigenvalue weighted by Crippen LogP contribution is -2.52. The largest absolute Gasteiger partial charge is 0.369 e. The van der Waals surface area contributed by atoms with Crippen LogP contribution >= 0.6 is 0 Å². The summed E-state index contributed by atoms with van der Waals surface area (Å²) >= 11 is 0. The molecule has 0 atom stereocenters. The fraction of sp³-hybridized carbons (Fsp3) is 0.591. The third-order valence-corrected chi connectivity index (χ3v) is 6.56. The number of carbonyl (C=O) groups is 3. The highest BCUT2D eigenvalue weighted by Crippen LogP contribution is 2.32. The van der Waals surface area contributed by atoms with Crippen LogP contribution in [0.5, 0.6) is 0 Å². The number of benzene rings is 1. The molecule has 0 bridgehead atoms. The molecule has 1 spiro atoms. The summed E-state index contributed by atoms with van der Waals surface area (Å²) in [5.41, 5.74) is 1.16. The molecule has 156 valence electrons. The van der Waals surface area contributed by atoms with Crippen molar-refractivity contribution in [3.63, 3.8) is 0 Å². The standard InChI is InChI=1S/C22H30N4O3/c1-17(27)18-6-8-19(9-7-18)25-14-12-24(13-15-25)16-26-20(28)22(23-21(26)29)10-4-2-3-5-11-22/h6-9H,2-5,10-16H2,1H3,(H,23,29). The van der Waals surface area contributed by atoms with Crippen LogP contribution < -0.4 is 10.2 Å². The molecule has 2 heterocycles. The van der Waals surface area contributed by atoms with Crippen molar-refractivity contribution in [2.24, 2.45) is 0 Å². The second-order valence-corrected chi connectivity index (χ2v) is 8.51. The summed E-state index contributed by atoms with van der Waals surface area (Å²) in [6, 6.07) is 7.46. The minimum absolute atomic E-state index is 0.0355. The van der Waals surface area contributed by atoms with Crippen molar-refractivity contribution in [1.29, 1.82) is 0 Å². The average molecular weight is 399 g/mol. The van der Waals surface area contributed by atoms with E-state index in [2.05, 4.69) is 15.1 Å². The van der Waals surface area contributed by atoms with E-state index in [4.69, 9.17) is 0 Å². The molecule has 3 aliphatic rings. The van der Waals surface area contributed by atoms with Crippen LogP contribution in [0, 0.1) is 0 Å². The number of imide groups is 1. The number of nitrogens with zero attached hydrogens (tertiary/aromatic N) is 3. The van der Waals surface area contributed by atoms with Gasteiger partial charge in [-0.05, 0) is 44.0 Å². The molecule has 0 unspecified atom stereocenters. The van der Waals surface area contributed by atoms with Crippen LogP contribution in [0.1, 0.15) is 55.8 Å². The number of hydrogen-bond donors (Lipinski definition) is 1. The Balaban J connectivity index is 1.34. The summed E-state index contributed by atoms with van der Waals surface area (Å²) in [5.74, 6) is 0.0352. The fourth-order valence-electron chi connectivity index (χ4n) is 4.73. The summed E-state index contributed by atoms with van der Waals surface area (Å²) < 4.78 is 0. The summed E-state index contributed by atoms with van der Waals surface area (Å²) in [7, 11) is 0. The molecule has 3 fully saturated rings. The highest BCUT2D eigenvalue weighted by molar-refractivity contribution is 6.07.